The Labute approximate surface area is 151 Å². The van der Waals surface area contributed by atoms with Gasteiger partial charge in [-0.1, -0.05) is 45.7 Å². The van der Waals surface area contributed by atoms with Crippen LogP contribution in [0.5, 0.6) is 0 Å². The summed E-state index contributed by atoms with van der Waals surface area (Å²) in [4.78, 5) is 4.25. The topological polar surface area (TPSA) is 62.7 Å². The van der Waals surface area contributed by atoms with Crippen LogP contribution in [0.25, 0.3) is 22.4 Å². The van der Waals surface area contributed by atoms with Crippen LogP contribution in [0.3, 0.4) is 0 Å². The lowest BCUT2D eigenvalue weighted by Crippen LogP contribution is -2.01. The van der Waals surface area contributed by atoms with E-state index >= 15 is 0 Å². The normalized spacial score (nSPS) is 10.4. The summed E-state index contributed by atoms with van der Waals surface area (Å²) < 4.78 is 15.0. The molecule has 0 unspecified atom stereocenters. The van der Waals surface area contributed by atoms with Crippen molar-refractivity contribution in [3.63, 3.8) is 0 Å². The van der Waals surface area contributed by atoms with Crippen molar-refractivity contribution in [2.75, 3.05) is 5.73 Å². The molecule has 3 rings (SSSR count). The predicted octanol–water partition coefficient (Wildman–Crippen LogP) is 5.42. The molecule has 3 aromatic rings. The van der Waals surface area contributed by atoms with Crippen molar-refractivity contribution >= 4 is 33.3 Å². The minimum Gasteiger partial charge on any atom is -0.383 e. The second-order valence-electron chi connectivity index (χ2n) is 5.03. The van der Waals surface area contributed by atoms with Crippen LogP contribution in [0.1, 0.15) is 5.56 Å². The van der Waals surface area contributed by atoms with Crippen LogP contribution < -0.4 is 5.73 Å². The Balaban J connectivity index is 2.32. The van der Waals surface area contributed by atoms with Crippen molar-refractivity contribution < 1.29 is 4.39 Å². The summed E-state index contributed by atoms with van der Waals surface area (Å²) in [6, 6.07) is 15.3. The maximum absolute atomic E-state index is 14.3. The standard InChI is InChI=1S/C18H10BrClFN3/c19-10-5-6-16(21)13(7-10)12-8-17(24-18(23)14(12)9-22)11-3-1-2-4-15(11)20/h1-8H,(H2,23,24). The molecule has 0 aliphatic rings. The summed E-state index contributed by atoms with van der Waals surface area (Å²) in [5.74, 6) is -0.422. The molecular formula is C18H10BrClFN3. The van der Waals surface area contributed by atoms with E-state index in [9.17, 15) is 9.65 Å². The Kier molecular flexibility index (Phi) is 4.52. The highest BCUT2D eigenvalue weighted by Crippen LogP contribution is 2.35. The maximum atomic E-state index is 14.3. The molecule has 3 nitrogen and oxygen atoms in total. The van der Waals surface area contributed by atoms with E-state index in [0.29, 0.717) is 26.3 Å². The second kappa shape index (κ2) is 6.60. The zero-order valence-electron chi connectivity index (χ0n) is 12.2. The Bertz CT molecular complexity index is 982. The van der Waals surface area contributed by atoms with Crippen LogP contribution in [0, 0.1) is 17.1 Å². The van der Waals surface area contributed by atoms with Gasteiger partial charge in [0.1, 0.15) is 23.3 Å². The van der Waals surface area contributed by atoms with E-state index in [4.69, 9.17) is 17.3 Å². The summed E-state index contributed by atoms with van der Waals surface area (Å²) in [7, 11) is 0. The van der Waals surface area contributed by atoms with Crippen LogP contribution >= 0.6 is 27.5 Å². The first-order valence-electron chi connectivity index (χ1n) is 6.92. The third-order valence-electron chi connectivity index (χ3n) is 3.53. The van der Waals surface area contributed by atoms with Gasteiger partial charge < -0.3 is 5.73 Å². The molecular weight excluding hydrogens is 393 g/mol. The van der Waals surface area contributed by atoms with E-state index in [0.717, 1.165) is 0 Å². The van der Waals surface area contributed by atoms with Crippen LogP contribution in [-0.4, -0.2) is 4.98 Å². The number of hydrogen-bond donors (Lipinski definition) is 1. The molecule has 0 fully saturated rings. The number of nitrogen functional groups attached to an aromatic ring is 1. The zero-order chi connectivity index (χ0) is 17.3. The minimum absolute atomic E-state index is 0.0318. The SMILES string of the molecule is N#Cc1c(-c2cc(Br)ccc2F)cc(-c2ccccc2Cl)nc1N. The minimum atomic E-state index is -0.453. The maximum Gasteiger partial charge on any atom is 0.142 e. The number of nitriles is 1. The molecule has 24 heavy (non-hydrogen) atoms. The Morgan fingerprint density at radius 1 is 1.08 bits per heavy atom. The first-order valence-corrected chi connectivity index (χ1v) is 8.09. The third kappa shape index (κ3) is 2.99. The first-order chi connectivity index (χ1) is 11.5. The fraction of sp³-hybridized carbons (Fsp3) is 0. The van der Waals surface area contributed by atoms with Crippen molar-refractivity contribution in [1.29, 1.82) is 5.26 Å². The fourth-order valence-electron chi connectivity index (χ4n) is 2.41. The molecule has 0 radical (unpaired) electrons. The summed E-state index contributed by atoms with van der Waals surface area (Å²) in [6.45, 7) is 0. The number of nitrogens with two attached hydrogens (primary N) is 1. The molecule has 2 N–H and O–H groups in total. The highest BCUT2D eigenvalue weighted by molar-refractivity contribution is 9.10. The number of benzene rings is 2. The van der Waals surface area contributed by atoms with Gasteiger partial charge in [-0.15, -0.1) is 0 Å². The van der Waals surface area contributed by atoms with E-state index < -0.39 is 5.82 Å². The summed E-state index contributed by atoms with van der Waals surface area (Å²) in [5.41, 5.74) is 7.84. The van der Waals surface area contributed by atoms with Crippen LogP contribution in [0.2, 0.25) is 5.02 Å². The molecule has 0 atom stereocenters. The van der Waals surface area contributed by atoms with Gasteiger partial charge in [0.25, 0.3) is 0 Å². The highest BCUT2D eigenvalue weighted by Gasteiger charge is 2.17. The van der Waals surface area contributed by atoms with Crippen molar-refractivity contribution in [3.8, 4) is 28.5 Å². The van der Waals surface area contributed by atoms with E-state index in [-0.39, 0.29) is 16.9 Å². The Hall–Kier alpha value is -2.42. The van der Waals surface area contributed by atoms with Gasteiger partial charge in [-0.05, 0) is 30.3 Å². The molecule has 0 aliphatic heterocycles. The molecule has 1 aromatic heterocycles. The molecule has 118 valence electrons. The van der Waals surface area contributed by atoms with Crippen LogP contribution in [0.4, 0.5) is 10.2 Å². The molecule has 0 bridgehead atoms. The fourth-order valence-corrected chi connectivity index (χ4v) is 3.00. The summed E-state index contributed by atoms with van der Waals surface area (Å²) in [5, 5.41) is 9.90. The summed E-state index contributed by atoms with van der Waals surface area (Å²) >= 11 is 9.53. The van der Waals surface area contributed by atoms with Crippen molar-refractivity contribution in [2.45, 2.75) is 0 Å². The molecule has 0 aliphatic carbocycles. The van der Waals surface area contributed by atoms with Gasteiger partial charge in [-0.25, -0.2) is 9.37 Å². The number of anilines is 1. The first kappa shape index (κ1) is 16.4. The van der Waals surface area contributed by atoms with Crippen LogP contribution in [0.15, 0.2) is 53.0 Å². The molecule has 1 heterocycles. The molecule has 0 spiro atoms. The predicted molar refractivity (Wildman–Crippen MR) is 96.9 cm³/mol. The lowest BCUT2D eigenvalue weighted by molar-refractivity contribution is 0.631. The smallest absolute Gasteiger partial charge is 0.142 e. The quantitative estimate of drug-likeness (QED) is 0.622. The summed E-state index contributed by atoms with van der Waals surface area (Å²) in [6.07, 6.45) is 0. The van der Waals surface area contributed by atoms with E-state index in [1.54, 1.807) is 36.4 Å². The lowest BCUT2D eigenvalue weighted by atomic mass is 9.98. The number of rotatable bonds is 2. The van der Waals surface area contributed by atoms with E-state index in [1.807, 2.05) is 12.1 Å². The van der Waals surface area contributed by atoms with Gasteiger partial charge in [0.2, 0.25) is 0 Å². The monoisotopic (exact) mass is 401 g/mol. The van der Waals surface area contributed by atoms with Crippen LogP contribution in [-0.2, 0) is 0 Å². The zero-order valence-corrected chi connectivity index (χ0v) is 14.6. The number of aromatic nitrogens is 1. The second-order valence-corrected chi connectivity index (χ2v) is 6.35. The average Bonchev–Trinajstić information content (AvgIpc) is 2.57. The molecule has 0 saturated carbocycles. The third-order valence-corrected chi connectivity index (χ3v) is 4.35. The highest BCUT2D eigenvalue weighted by atomic mass is 79.9. The molecule has 0 amide bonds. The lowest BCUT2D eigenvalue weighted by Gasteiger charge is -2.12. The Morgan fingerprint density at radius 2 is 1.83 bits per heavy atom. The number of halogens is 3. The number of pyridine rings is 1. The molecule has 0 saturated heterocycles. The van der Waals surface area contributed by atoms with Gasteiger partial charge in [-0.3, -0.25) is 0 Å². The van der Waals surface area contributed by atoms with E-state index in [2.05, 4.69) is 20.9 Å². The van der Waals surface area contributed by atoms with Crippen molar-refractivity contribution in [2.24, 2.45) is 0 Å². The van der Waals surface area contributed by atoms with Gasteiger partial charge in [-0.2, -0.15) is 5.26 Å². The van der Waals surface area contributed by atoms with Gasteiger partial charge in [0.05, 0.1) is 5.69 Å². The largest absolute Gasteiger partial charge is 0.383 e. The van der Waals surface area contributed by atoms with Crippen molar-refractivity contribution in [3.05, 3.63) is 69.4 Å². The molecule has 2 aromatic carbocycles. The van der Waals surface area contributed by atoms with E-state index in [1.165, 1.54) is 6.07 Å². The van der Waals surface area contributed by atoms with Gasteiger partial charge in [0.15, 0.2) is 0 Å². The number of hydrogen-bond acceptors (Lipinski definition) is 3. The average molecular weight is 403 g/mol. The van der Waals surface area contributed by atoms with Gasteiger partial charge >= 0.3 is 0 Å². The molecule has 6 heteroatoms. The Morgan fingerprint density at radius 3 is 2.54 bits per heavy atom. The number of nitrogens with zero attached hydrogens (tertiary/aromatic N) is 2. The van der Waals surface area contributed by atoms with Crippen molar-refractivity contribution in [1.82, 2.24) is 4.98 Å². The van der Waals surface area contributed by atoms with Gasteiger partial charge in [0, 0.05) is 26.2 Å².